The van der Waals surface area contributed by atoms with Gasteiger partial charge in [-0.05, 0) is 49.1 Å². The molecule has 152 valence electrons. The lowest BCUT2D eigenvalue weighted by molar-refractivity contribution is -0.119. The van der Waals surface area contributed by atoms with Gasteiger partial charge in [0, 0.05) is 50.5 Å². The first-order valence-electron chi connectivity index (χ1n) is 10.7. The Balaban J connectivity index is 1.53. The summed E-state index contributed by atoms with van der Waals surface area (Å²) >= 11 is 0. The van der Waals surface area contributed by atoms with Gasteiger partial charge in [0.1, 0.15) is 0 Å². The Kier molecular flexibility index (Phi) is 5.72. The van der Waals surface area contributed by atoms with Crippen LogP contribution in [0.4, 0.5) is 11.4 Å². The number of anilines is 2. The molecule has 4 rings (SSSR count). The summed E-state index contributed by atoms with van der Waals surface area (Å²) in [6, 6.07) is 15.1. The van der Waals surface area contributed by atoms with Crippen molar-refractivity contribution in [3.05, 3.63) is 71.4 Å². The Bertz CT molecular complexity index is 912. The van der Waals surface area contributed by atoms with Crippen LogP contribution in [0.15, 0.2) is 54.7 Å². The first-order chi connectivity index (χ1) is 14.1. The predicted molar refractivity (Wildman–Crippen MR) is 120 cm³/mol. The second-order valence-electron chi connectivity index (χ2n) is 8.08. The maximum atomic E-state index is 12.9. The molecule has 0 saturated carbocycles. The SMILES string of the molecule is CC/C=C/N1C(=O)CC(N2CCN(c3cccc(C)c3C)CC2)c2ccccc21. The molecule has 2 aliphatic heterocycles. The molecule has 1 amide bonds. The van der Waals surface area contributed by atoms with Crippen molar-refractivity contribution >= 4 is 17.3 Å². The van der Waals surface area contributed by atoms with Crippen LogP contribution < -0.4 is 9.80 Å². The average molecular weight is 390 g/mol. The Hall–Kier alpha value is -2.59. The number of fused-ring (bicyclic) bond motifs is 1. The fraction of sp³-hybridized carbons (Fsp3) is 0.400. The molecule has 1 unspecified atom stereocenters. The van der Waals surface area contributed by atoms with Crippen LogP contribution in [-0.2, 0) is 4.79 Å². The number of para-hydroxylation sites is 1. The van der Waals surface area contributed by atoms with Gasteiger partial charge in [0.25, 0.3) is 0 Å². The van der Waals surface area contributed by atoms with Gasteiger partial charge in [-0.3, -0.25) is 14.6 Å². The second kappa shape index (κ2) is 8.42. The van der Waals surface area contributed by atoms with Crippen molar-refractivity contribution < 1.29 is 4.79 Å². The third-order valence-electron chi connectivity index (χ3n) is 6.35. The molecule has 0 spiro atoms. The lowest BCUT2D eigenvalue weighted by Crippen LogP contribution is -2.50. The van der Waals surface area contributed by atoms with Crippen molar-refractivity contribution in [2.45, 2.75) is 39.7 Å². The summed E-state index contributed by atoms with van der Waals surface area (Å²) in [5, 5.41) is 0. The van der Waals surface area contributed by atoms with E-state index in [0.717, 1.165) is 38.3 Å². The Morgan fingerprint density at radius 1 is 0.966 bits per heavy atom. The van der Waals surface area contributed by atoms with Gasteiger partial charge in [-0.1, -0.05) is 43.3 Å². The zero-order chi connectivity index (χ0) is 20.4. The van der Waals surface area contributed by atoms with Crippen molar-refractivity contribution in [3.8, 4) is 0 Å². The highest BCUT2D eigenvalue weighted by Gasteiger charge is 2.35. The van der Waals surface area contributed by atoms with E-state index >= 15 is 0 Å². The molecular formula is C25H31N3O. The van der Waals surface area contributed by atoms with Crippen molar-refractivity contribution in [2.24, 2.45) is 0 Å². The molecule has 0 radical (unpaired) electrons. The zero-order valence-electron chi connectivity index (χ0n) is 17.8. The molecule has 29 heavy (non-hydrogen) atoms. The van der Waals surface area contributed by atoms with Crippen LogP contribution in [0.2, 0.25) is 0 Å². The van der Waals surface area contributed by atoms with Crippen molar-refractivity contribution in [1.82, 2.24) is 4.90 Å². The number of hydrogen-bond donors (Lipinski definition) is 0. The largest absolute Gasteiger partial charge is 0.369 e. The summed E-state index contributed by atoms with van der Waals surface area (Å²) in [6.07, 6.45) is 5.47. The van der Waals surface area contributed by atoms with E-state index < -0.39 is 0 Å². The molecule has 4 nitrogen and oxygen atoms in total. The van der Waals surface area contributed by atoms with Crippen molar-refractivity contribution in [1.29, 1.82) is 0 Å². The standard InChI is InChI=1S/C25H31N3O/c1-4-5-13-28-23-11-7-6-10-21(23)24(18-25(28)29)27-16-14-26(15-17-27)22-12-8-9-19(2)20(22)3/h5-13,24H,4,14-18H2,1-3H3/b13-5+. The normalized spacial score (nSPS) is 20.4. The summed E-state index contributed by atoms with van der Waals surface area (Å²) in [6.45, 7) is 10.4. The van der Waals surface area contributed by atoms with E-state index in [4.69, 9.17) is 0 Å². The summed E-state index contributed by atoms with van der Waals surface area (Å²) in [4.78, 5) is 19.7. The van der Waals surface area contributed by atoms with Crippen LogP contribution >= 0.6 is 0 Å². The number of hydrogen-bond acceptors (Lipinski definition) is 3. The van der Waals surface area contributed by atoms with Crippen LogP contribution in [0.3, 0.4) is 0 Å². The molecular weight excluding hydrogens is 358 g/mol. The number of allylic oxidation sites excluding steroid dienone is 1. The van der Waals surface area contributed by atoms with Gasteiger partial charge in [-0.2, -0.15) is 0 Å². The third-order valence-corrected chi connectivity index (χ3v) is 6.35. The van der Waals surface area contributed by atoms with Crippen LogP contribution in [0.25, 0.3) is 0 Å². The lowest BCUT2D eigenvalue weighted by Gasteiger charge is -2.43. The molecule has 0 aromatic heterocycles. The lowest BCUT2D eigenvalue weighted by atomic mass is 9.94. The number of nitrogens with zero attached hydrogens (tertiary/aromatic N) is 3. The van der Waals surface area contributed by atoms with E-state index in [1.165, 1.54) is 22.4 Å². The minimum atomic E-state index is 0.172. The molecule has 2 aromatic carbocycles. The number of carbonyl (C=O) groups excluding carboxylic acids is 1. The highest BCUT2D eigenvalue weighted by molar-refractivity contribution is 5.98. The van der Waals surface area contributed by atoms with Gasteiger partial charge in [-0.15, -0.1) is 0 Å². The van der Waals surface area contributed by atoms with Crippen LogP contribution in [-0.4, -0.2) is 37.0 Å². The predicted octanol–water partition coefficient (Wildman–Crippen LogP) is 4.83. The molecule has 2 heterocycles. The topological polar surface area (TPSA) is 26.8 Å². The summed E-state index contributed by atoms with van der Waals surface area (Å²) in [7, 11) is 0. The summed E-state index contributed by atoms with van der Waals surface area (Å²) in [5.41, 5.74) is 6.37. The summed E-state index contributed by atoms with van der Waals surface area (Å²) < 4.78 is 0. The minimum absolute atomic E-state index is 0.172. The van der Waals surface area contributed by atoms with E-state index in [2.05, 4.69) is 73.0 Å². The Morgan fingerprint density at radius 3 is 2.45 bits per heavy atom. The van der Waals surface area contributed by atoms with Gasteiger partial charge >= 0.3 is 0 Å². The van der Waals surface area contributed by atoms with Gasteiger partial charge < -0.3 is 4.90 Å². The molecule has 1 atom stereocenters. The summed E-state index contributed by atoms with van der Waals surface area (Å²) in [5.74, 6) is 0.190. The highest BCUT2D eigenvalue weighted by Crippen LogP contribution is 2.39. The van der Waals surface area contributed by atoms with Gasteiger partial charge in [-0.25, -0.2) is 0 Å². The number of piperazine rings is 1. The smallest absolute Gasteiger partial charge is 0.232 e. The van der Waals surface area contributed by atoms with E-state index in [9.17, 15) is 4.79 Å². The third kappa shape index (κ3) is 3.82. The van der Waals surface area contributed by atoms with Crippen molar-refractivity contribution in [2.75, 3.05) is 36.0 Å². The van der Waals surface area contributed by atoms with Gasteiger partial charge in [0.15, 0.2) is 0 Å². The van der Waals surface area contributed by atoms with Crippen LogP contribution in [0.5, 0.6) is 0 Å². The molecule has 2 aromatic rings. The fourth-order valence-electron chi connectivity index (χ4n) is 4.55. The molecule has 0 bridgehead atoms. The van der Waals surface area contributed by atoms with E-state index in [0.29, 0.717) is 6.42 Å². The number of benzene rings is 2. The molecule has 1 fully saturated rings. The Labute approximate surface area is 174 Å². The first-order valence-corrected chi connectivity index (χ1v) is 10.7. The molecule has 0 N–H and O–H groups in total. The number of rotatable bonds is 4. The molecule has 2 aliphatic rings. The zero-order valence-corrected chi connectivity index (χ0v) is 17.8. The fourth-order valence-corrected chi connectivity index (χ4v) is 4.55. The van der Waals surface area contributed by atoms with E-state index in [1.54, 1.807) is 0 Å². The average Bonchev–Trinajstić information content (AvgIpc) is 2.75. The monoisotopic (exact) mass is 389 g/mol. The molecule has 1 saturated heterocycles. The quantitative estimate of drug-likeness (QED) is 0.750. The van der Waals surface area contributed by atoms with E-state index in [-0.39, 0.29) is 11.9 Å². The van der Waals surface area contributed by atoms with E-state index in [1.807, 2.05) is 17.2 Å². The molecule has 0 aliphatic carbocycles. The van der Waals surface area contributed by atoms with Gasteiger partial charge in [0.05, 0.1) is 5.69 Å². The number of aryl methyl sites for hydroxylation is 1. The maximum absolute atomic E-state index is 12.9. The maximum Gasteiger partial charge on any atom is 0.232 e. The first kappa shape index (κ1) is 19.7. The Morgan fingerprint density at radius 2 is 1.69 bits per heavy atom. The molecule has 4 heteroatoms. The highest BCUT2D eigenvalue weighted by atomic mass is 16.2. The second-order valence-corrected chi connectivity index (χ2v) is 8.08. The van der Waals surface area contributed by atoms with Crippen LogP contribution in [0.1, 0.15) is 42.5 Å². The van der Waals surface area contributed by atoms with Crippen molar-refractivity contribution in [3.63, 3.8) is 0 Å². The number of carbonyl (C=O) groups is 1. The number of amides is 1. The van der Waals surface area contributed by atoms with Crippen LogP contribution in [0, 0.1) is 13.8 Å². The minimum Gasteiger partial charge on any atom is -0.369 e. The van der Waals surface area contributed by atoms with Gasteiger partial charge in [0.2, 0.25) is 5.91 Å².